The lowest BCUT2D eigenvalue weighted by Crippen LogP contribution is -1.89. The van der Waals surface area contributed by atoms with E-state index in [1.54, 1.807) is 11.4 Å². The van der Waals surface area contributed by atoms with Gasteiger partial charge in [0.25, 0.3) is 0 Å². The number of rotatable bonds is 1. The molecule has 1 aromatic heterocycles. The Balaban J connectivity index is 2.96. The molecule has 0 aromatic carbocycles. The third kappa shape index (κ3) is 1.32. The van der Waals surface area contributed by atoms with Gasteiger partial charge in [0, 0.05) is 5.56 Å². The molecule has 0 spiro atoms. The van der Waals surface area contributed by atoms with Crippen LogP contribution in [-0.2, 0) is 0 Å². The first kappa shape index (κ1) is 7.62. The average Bonchev–Trinajstić information content (AvgIpc) is 2.34. The Hall–Kier alpha value is -0.490. The fourth-order valence-corrected chi connectivity index (χ4v) is 1.56. The predicted octanol–water partition coefficient (Wildman–Crippen LogP) is 2.07. The maximum absolute atomic E-state index is 9.09. The van der Waals surface area contributed by atoms with Crippen molar-refractivity contribution in [1.82, 2.24) is 0 Å². The molecule has 0 saturated heterocycles. The second-order valence-corrected chi connectivity index (χ2v) is 3.24. The maximum atomic E-state index is 9.09. The van der Waals surface area contributed by atoms with Crippen molar-refractivity contribution in [2.45, 2.75) is 6.10 Å². The number of terminal acetylenes is 1. The lowest BCUT2D eigenvalue weighted by Gasteiger charge is -1.98. The number of hydrogen-bond donors (Lipinski definition) is 1. The quantitative estimate of drug-likeness (QED) is 0.643. The summed E-state index contributed by atoms with van der Waals surface area (Å²) in [5.74, 6) is 2.19. The summed E-state index contributed by atoms with van der Waals surface area (Å²) in [4.78, 5) is 0. The van der Waals surface area contributed by atoms with Gasteiger partial charge in [-0.05, 0) is 11.4 Å². The second kappa shape index (κ2) is 3.07. The first-order chi connectivity index (χ1) is 4.75. The molecule has 0 saturated carbocycles. The largest absolute Gasteiger partial charge is 0.376 e. The molecule has 0 aliphatic carbocycles. The van der Waals surface area contributed by atoms with Gasteiger partial charge in [0.1, 0.15) is 6.10 Å². The molecule has 10 heavy (non-hydrogen) atoms. The molecule has 0 radical (unpaired) electrons. The Bertz CT molecular complexity index is 261. The number of aliphatic hydroxyl groups excluding tert-OH is 1. The summed E-state index contributed by atoms with van der Waals surface area (Å²) in [6, 6.07) is 1.72. The highest BCUT2D eigenvalue weighted by molar-refractivity contribution is 7.14. The van der Waals surface area contributed by atoms with Gasteiger partial charge < -0.3 is 5.11 Å². The summed E-state index contributed by atoms with van der Waals surface area (Å²) < 4.78 is 0.561. The molecule has 0 amide bonds. The SMILES string of the molecule is C#CC(O)c1ccsc1Cl. The molecule has 1 unspecified atom stereocenters. The first-order valence-corrected chi connectivity index (χ1v) is 3.88. The molecule has 0 fully saturated rings. The van der Waals surface area contributed by atoms with E-state index in [0.29, 0.717) is 9.90 Å². The van der Waals surface area contributed by atoms with Crippen LogP contribution in [0.4, 0.5) is 0 Å². The minimum Gasteiger partial charge on any atom is -0.376 e. The van der Waals surface area contributed by atoms with Crippen LogP contribution in [0.3, 0.4) is 0 Å². The van der Waals surface area contributed by atoms with Gasteiger partial charge in [0.15, 0.2) is 0 Å². The van der Waals surface area contributed by atoms with Crippen LogP contribution in [0.2, 0.25) is 4.34 Å². The van der Waals surface area contributed by atoms with Crippen LogP contribution < -0.4 is 0 Å². The van der Waals surface area contributed by atoms with E-state index in [1.807, 2.05) is 0 Å². The zero-order chi connectivity index (χ0) is 7.56. The average molecular weight is 173 g/mol. The summed E-state index contributed by atoms with van der Waals surface area (Å²) in [5, 5.41) is 10.9. The van der Waals surface area contributed by atoms with Crippen molar-refractivity contribution in [2.24, 2.45) is 0 Å². The van der Waals surface area contributed by atoms with Crippen LogP contribution in [0.1, 0.15) is 11.7 Å². The topological polar surface area (TPSA) is 20.2 Å². The van der Waals surface area contributed by atoms with Crippen molar-refractivity contribution >= 4 is 22.9 Å². The van der Waals surface area contributed by atoms with Gasteiger partial charge in [-0.1, -0.05) is 17.5 Å². The van der Waals surface area contributed by atoms with E-state index in [-0.39, 0.29) is 0 Å². The monoisotopic (exact) mass is 172 g/mol. The van der Waals surface area contributed by atoms with Crippen LogP contribution in [-0.4, -0.2) is 5.11 Å². The molecule has 52 valence electrons. The summed E-state index contributed by atoms with van der Waals surface area (Å²) in [6.07, 6.45) is 4.12. The minimum absolute atomic E-state index is 0.561. The van der Waals surface area contributed by atoms with E-state index in [0.717, 1.165) is 0 Å². The molecule has 3 heteroatoms. The van der Waals surface area contributed by atoms with E-state index in [2.05, 4.69) is 5.92 Å². The highest BCUT2D eigenvalue weighted by Crippen LogP contribution is 2.27. The van der Waals surface area contributed by atoms with Crippen molar-refractivity contribution in [3.05, 3.63) is 21.3 Å². The number of halogens is 1. The molecule has 1 N–H and O–H groups in total. The van der Waals surface area contributed by atoms with Gasteiger partial charge in [-0.25, -0.2) is 0 Å². The summed E-state index contributed by atoms with van der Waals surface area (Å²) in [6.45, 7) is 0. The van der Waals surface area contributed by atoms with E-state index in [9.17, 15) is 0 Å². The molecule has 1 heterocycles. The van der Waals surface area contributed by atoms with Gasteiger partial charge in [-0.15, -0.1) is 17.8 Å². The maximum Gasteiger partial charge on any atom is 0.142 e. The van der Waals surface area contributed by atoms with E-state index < -0.39 is 6.10 Å². The molecular formula is C7H5ClOS. The van der Waals surface area contributed by atoms with Crippen LogP contribution in [0.15, 0.2) is 11.4 Å². The highest BCUT2D eigenvalue weighted by atomic mass is 35.5. The van der Waals surface area contributed by atoms with Crippen molar-refractivity contribution in [3.63, 3.8) is 0 Å². The molecular weight excluding hydrogens is 168 g/mol. The van der Waals surface area contributed by atoms with Crippen molar-refractivity contribution in [1.29, 1.82) is 0 Å². The third-order valence-electron chi connectivity index (χ3n) is 1.10. The van der Waals surface area contributed by atoms with Crippen LogP contribution in [0.25, 0.3) is 0 Å². The first-order valence-electron chi connectivity index (χ1n) is 2.63. The van der Waals surface area contributed by atoms with Crippen molar-refractivity contribution < 1.29 is 5.11 Å². The van der Waals surface area contributed by atoms with E-state index in [1.165, 1.54) is 11.3 Å². The van der Waals surface area contributed by atoms with Crippen LogP contribution >= 0.6 is 22.9 Å². The molecule has 0 aliphatic rings. The summed E-state index contributed by atoms with van der Waals surface area (Å²) >= 11 is 7.03. The third-order valence-corrected chi connectivity index (χ3v) is 2.30. The number of aliphatic hydroxyl groups is 1. The van der Waals surface area contributed by atoms with Gasteiger partial charge in [0.2, 0.25) is 0 Å². The van der Waals surface area contributed by atoms with Crippen LogP contribution in [0.5, 0.6) is 0 Å². The smallest absolute Gasteiger partial charge is 0.142 e. The molecule has 1 nitrogen and oxygen atoms in total. The minimum atomic E-state index is -0.862. The van der Waals surface area contributed by atoms with Gasteiger partial charge in [0.05, 0.1) is 4.34 Å². The Morgan fingerprint density at radius 1 is 1.80 bits per heavy atom. The standard InChI is InChI=1S/C7H5ClOS/c1-2-6(9)5-3-4-10-7(5)8/h1,3-4,6,9H. The van der Waals surface area contributed by atoms with Crippen molar-refractivity contribution in [2.75, 3.05) is 0 Å². The van der Waals surface area contributed by atoms with Crippen LogP contribution in [0, 0.1) is 12.3 Å². The fourth-order valence-electron chi connectivity index (χ4n) is 0.589. The number of hydrogen-bond acceptors (Lipinski definition) is 2. The summed E-state index contributed by atoms with van der Waals surface area (Å²) in [5.41, 5.74) is 0.620. The Labute approximate surface area is 68.3 Å². The van der Waals surface area contributed by atoms with E-state index in [4.69, 9.17) is 23.1 Å². The molecule has 0 aliphatic heterocycles. The lowest BCUT2D eigenvalue weighted by molar-refractivity contribution is 0.239. The zero-order valence-electron chi connectivity index (χ0n) is 5.04. The fraction of sp³-hybridized carbons (Fsp3) is 0.143. The lowest BCUT2D eigenvalue weighted by atomic mass is 10.2. The highest BCUT2D eigenvalue weighted by Gasteiger charge is 2.08. The van der Waals surface area contributed by atoms with Gasteiger partial charge >= 0.3 is 0 Å². The predicted molar refractivity (Wildman–Crippen MR) is 43.1 cm³/mol. The molecule has 1 atom stereocenters. The normalized spacial score (nSPS) is 12.5. The van der Waals surface area contributed by atoms with Gasteiger partial charge in [-0.3, -0.25) is 0 Å². The van der Waals surface area contributed by atoms with E-state index >= 15 is 0 Å². The second-order valence-electron chi connectivity index (χ2n) is 1.72. The van der Waals surface area contributed by atoms with Crippen molar-refractivity contribution in [3.8, 4) is 12.3 Å². The Morgan fingerprint density at radius 3 is 2.90 bits per heavy atom. The number of thiophene rings is 1. The molecule has 1 aromatic rings. The summed E-state index contributed by atoms with van der Waals surface area (Å²) in [7, 11) is 0. The Morgan fingerprint density at radius 2 is 2.50 bits per heavy atom. The van der Waals surface area contributed by atoms with Gasteiger partial charge in [-0.2, -0.15) is 0 Å². The Kier molecular flexibility index (Phi) is 2.34. The molecule has 1 rings (SSSR count). The zero-order valence-corrected chi connectivity index (χ0v) is 6.62. The molecule has 0 bridgehead atoms.